The van der Waals surface area contributed by atoms with Crippen molar-refractivity contribution in [2.45, 2.75) is 12.8 Å². The monoisotopic (exact) mass is 186 g/mol. The van der Waals surface area contributed by atoms with Gasteiger partial charge in [-0.1, -0.05) is 18.2 Å². The molecule has 71 valence electrons. The molecule has 1 aromatic carbocycles. The van der Waals surface area contributed by atoms with E-state index in [0.29, 0.717) is 0 Å². The highest BCUT2D eigenvalue weighted by molar-refractivity contribution is 5.81. The summed E-state index contributed by atoms with van der Waals surface area (Å²) in [6.45, 7) is 3.29. The van der Waals surface area contributed by atoms with Gasteiger partial charge < -0.3 is 9.32 Å². The number of anilines is 1. The molecule has 2 heterocycles. The Kier molecular flexibility index (Phi) is 1.72. The second kappa shape index (κ2) is 3.05. The van der Waals surface area contributed by atoms with E-state index in [-0.39, 0.29) is 0 Å². The first-order valence-electron chi connectivity index (χ1n) is 5.02. The van der Waals surface area contributed by atoms with Crippen LogP contribution in [0.25, 0.3) is 11.0 Å². The molecule has 2 nitrogen and oxygen atoms in total. The summed E-state index contributed by atoms with van der Waals surface area (Å²) >= 11 is 0. The minimum absolute atomic E-state index is 0.975. The molecule has 1 aliphatic rings. The predicted molar refractivity (Wildman–Crippen MR) is 57.1 cm³/mol. The summed E-state index contributed by atoms with van der Waals surface area (Å²) in [7, 11) is 0. The van der Waals surface area contributed by atoms with Gasteiger partial charge in [0.25, 0.3) is 0 Å². The molecule has 1 aliphatic heterocycles. The number of nitrogens with zero attached hydrogens (tertiary/aromatic N) is 1. The van der Waals surface area contributed by atoms with Gasteiger partial charge >= 0.3 is 0 Å². The van der Waals surface area contributed by atoms with Gasteiger partial charge in [0.2, 0.25) is 0 Å². The molecule has 0 aliphatic carbocycles. The molecule has 1 fully saturated rings. The number of rotatable bonds is 1. The molecule has 1 aromatic heterocycles. The van der Waals surface area contributed by atoms with Crippen LogP contribution in [-0.2, 0) is 0 Å². The molecule has 0 spiro atoms. The van der Waals surface area contributed by atoms with Crippen LogP contribution in [0.5, 0.6) is 0 Å². The molecule has 0 atom stereocenters. The lowest BCUT2D eigenvalue weighted by molar-refractivity contribution is 0.606. The Morgan fingerprint density at radius 2 is 2.14 bits per heavy atom. The van der Waals surface area contributed by atoms with Crippen molar-refractivity contribution in [1.82, 2.24) is 0 Å². The number of fused-ring (bicyclic) bond motifs is 1. The fraction of sp³-hybridized carbons (Fsp3) is 0.250. The van der Waals surface area contributed by atoms with Gasteiger partial charge in [-0.05, 0) is 18.9 Å². The SMILES string of the molecule is [CH]1CCCN1c1cc2ccccc2o1. The number of benzene rings is 1. The Balaban J connectivity index is 2.05. The van der Waals surface area contributed by atoms with Gasteiger partial charge in [0.15, 0.2) is 5.88 Å². The molecule has 3 rings (SSSR count). The van der Waals surface area contributed by atoms with Gasteiger partial charge in [0.1, 0.15) is 5.58 Å². The van der Waals surface area contributed by atoms with Crippen LogP contribution in [0.2, 0.25) is 0 Å². The standard InChI is InChI=1S/C12H12NO/c1-2-6-11-10(5-1)9-12(14-11)13-7-3-4-8-13/h1-2,5-7,9H,3-4,8H2. The number of hydrogen-bond donors (Lipinski definition) is 0. The van der Waals surface area contributed by atoms with E-state index in [4.69, 9.17) is 4.42 Å². The molecule has 0 amide bonds. The molecule has 0 N–H and O–H groups in total. The third kappa shape index (κ3) is 1.18. The molecule has 14 heavy (non-hydrogen) atoms. The van der Waals surface area contributed by atoms with Crippen LogP contribution in [0.4, 0.5) is 5.88 Å². The summed E-state index contributed by atoms with van der Waals surface area (Å²) in [5.74, 6) is 0.976. The van der Waals surface area contributed by atoms with Crippen molar-refractivity contribution in [3.8, 4) is 0 Å². The summed E-state index contributed by atoms with van der Waals surface area (Å²) in [6, 6.07) is 10.2. The van der Waals surface area contributed by atoms with Crippen molar-refractivity contribution in [3.05, 3.63) is 36.9 Å². The van der Waals surface area contributed by atoms with Crippen LogP contribution in [-0.4, -0.2) is 6.54 Å². The quantitative estimate of drug-likeness (QED) is 0.680. The fourth-order valence-electron chi connectivity index (χ4n) is 1.91. The summed E-state index contributed by atoms with van der Waals surface area (Å²) < 4.78 is 5.75. The van der Waals surface area contributed by atoms with Crippen LogP contribution in [0, 0.1) is 6.54 Å². The largest absolute Gasteiger partial charge is 0.441 e. The second-order valence-corrected chi connectivity index (χ2v) is 3.64. The topological polar surface area (TPSA) is 16.4 Å². The molecule has 0 saturated carbocycles. The number of furan rings is 1. The van der Waals surface area contributed by atoms with E-state index >= 15 is 0 Å². The van der Waals surface area contributed by atoms with Gasteiger partial charge in [0.05, 0.1) is 6.54 Å². The van der Waals surface area contributed by atoms with Crippen molar-refractivity contribution >= 4 is 16.9 Å². The van der Waals surface area contributed by atoms with Gasteiger partial charge in [-0.2, -0.15) is 0 Å². The van der Waals surface area contributed by atoms with E-state index in [1.165, 1.54) is 11.8 Å². The van der Waals surface area contributed by atoms with E-state index in [2.05, 4.69) is 23.6 Å². The maximum atomic E-state index is 5.75. The maximum absolute atomic E-state index is 5.75. The Morgan fingerprint density at radius 3 is 2.93 bits per heavy atom. The van der Waals surface area contributed by atoms with E-state index < -0.39 is 0 Å². The van der Waals surface area contributed by atoms with Crippen molar-refractivity contribution in [2.24, 2.45) is 0 Å². The van der Waals surface area contributed by atoms with Gasteiger partial charge in [-0.3, -0.25) is 0 Å². The summed E-state index contributed by atoms with van der Waals surface area (Å²) in [6.07, 6.45) is 2.40. The van der Waals surface area contributed by atoms with Gasteiger partial charge in [0, 0.05) is 18.0 Å². The van der Waals surface area contributed by atoms with Crippen molar-refractivity contribution in [1.29, 1.82) is 0 Å². The third-order valence-corrected chi connectivity index (χ3v) is 2.65. The van der Waals surface area contributed by atoms with Crippen LogP contribution in [0.1, 0.15) is 12.8 Å². The number of hydrogen-bond acceptors (Lipinski definition) is 2. The van der Waals surface area contributed by atoms with E-state index in [1.807, 2.05) is 18.2 Å². The molecular weight excluding hydrogens is 174 g/mol. The highest BCUT2D eigenvalue weighted by atomic mass is 16.4. The van der Waals surface area contributed by atoms with Crippen molar-refractivity contribution in [2.75, 3.05) is 11.4 Å². The lowest BCUT2D eigenvalue weighted by atomic mass is 10.3. The molecule has 1 radical (unpaired) electrons. The minimum Gasteiger partial charge on any atom is -0.441 e. The van der Waals surface area contributed by atoms with Gasteiger partial charge in [-0.15, -0.1) is 0 Å². The zero-order chi connectivity index (χ0) is 9.38. The van der Waals surface area contributed by atoms with Crippen molar-refractivity contribution in [3.63, 3.8) is 0 Å². The molecule has 0 unspecified atom stereocenters. The van der Waals surface area contributed by atoms with Crippen LogP contribution < -0.4 is 4.90 Å². The first-order valence-corrected chi connectivity index (χ1v) is 5.02. The third-order valence-electron chi connectivity index (χ3n) is 2.65. The molecule has 2 aromatic rings. The molecule has 0 bridgehead atoms. The minimum atomic E-state index is 0.975. The molecule has 2 heteroatoms. The smallest absolute Gasteiger partial charge is 0.197 e. The zero-order valence-electron chi connectivity index (χ0n) is 7.94. The van der Waals surface area contributed by atoms with Crippen LogP contribution in [0.3, 0.4) is 0 Å². The average Bonchev–Trinajstić information content (AvgIpc) is 2.86. The second-order valence-electron chi connectivity index (χ2n) is 3.64. The summed E-state index contributed by atoms with van der Waals surface area (Å²) in [5, 5.41) is 1.18. The Morgan fingerprint density at radius 1 is 1.21 bits per heavy atom. The summed E-state index contributed by atoms with van der Waals surface area (Å²) in [4.78, 5) is 2.19. The lowest BCUT2D eigenvalue weighted by Crippen LogP contribution is -2.12. The van der Waals surface area contributed by atoms with Crippen molar-refractivity contribution < 1.29 is 4.42 Å². The molecular formula is C12H12NO. The Labute approximate surface area is 83.1 Å². The Bertz CT molecular complexity index is 407. The lowest BCUT2D eigenvalue weighted by Gasteiger charge is -2.11. The maximum Gasteiger partial charge on any atom is 0.197 e. The zero-order valence-corrected chi connectivity index (χ0v) is 7.94. The van der Waals surface area contributed by atoms with E-state index in [1.54, 1.807) is 0 Å². The number of para-hydroxylation sites is 1. The fourth-order valence-corrected chi connectivity index (χ4v) is 1.91. The van der Waals surface area contributed by atoms with E-state index in [9.17, 15) is 0 Å². The van der Waals surface area contributed by atoms with Crippen LogP contribution in [0.15, 0.2) is 34.7 Å². The summed E-state index contributed by atoms with van der Waals surface area (Å²) in [5.41, 5.74) is 0.975. The Hall–Kier alpha value is -1.44. The highest BCUT2D eigenvalue weighted by Gasteiger charge is 2.16. The molecule has 1 saturated heterocycles. The first-order chi connectivity index (χ1) is 6.93. The highest BCUT2D eigenvalue weighted by Crippen LogP contribution is 2.29. The average molecular weight is 186 g/mol. The predicted octanol–water partition coefficient (Wildman–Crippen LogP) is 3.19. The van der Waals surface area contributed by atoms with E-state index in [0.717, 1.165) is 24.4 Å². The normalized spacial score (nSPS) is 16.7. The first kappa shape index (κ1) is 7.92. The van der Waals surface area contributed by atoms with Gasteiger partial charge in [-0.25, -0.2) is 0 Å². The van der Waals surface area contributed by atoms with Crippen LogP contribution >= 0.6 is 0 Å².